The average Bonchev–Trinajstić information content (AvgIpc) is 3.08. The Bertz CT molecular complexity index is 853. The van der Waals surface area contributed by atoms with E-state index in [1.54, 1.807) is 0 Å². The summed E-state index contributed by atoms with van der Waals surface area (Å²) < 4.78 is 0.997. The molecule has 4 rings (SSSR count). The van der Waals surface area contributed by atoms with Crippen LogP contribution < -0.4 is 4.90 Å². The van der Waals surface area contributed by atoms with Crippen molar-refractivity contribution in [2.45, 2.75) is 26.7 Å². The normalized spacial score (nSPS) is 28.2. The molecule has 0 spiro atoms. The van der Waals surface area contributed by atoms with Gasteiger partial charge in [-0.3, -0.25) is 9.59 Å². The van der Waals surface area contributed by atoms with Crippen molar-refractivity contribution in [1.82, 2.24) is 0 Å². The van der Waals surface area contributed by atoms with Gasteiger partial charge >= 0.3 is 0 Å². The Morgan fingerprint density at radius 3 is 2.04 bits per heavy atom. The lowest BCUT2D eigenvalue weighted by atomic mass is 9.99. The number of piperidine rings is 1. The molecule has 0 N–H and O–H groups in total. The second-order valence-corrected chi connectivity index (χ2v) is 8.03. The number of carbonyl (C=O) groups excluding carboxylic acids is 2. The predicted molar refractivity (Wildman–Crippen MR) is 96.9 cm³/mol. The van der Waals surface area contributed by atoms with E-state index in [1.807, 2.05) is 63.2 Å². The summed E-state index contributed by atoms with van der Waals surface area (Å²) in [5.74, 6) is -0.393. The van der Waals surface area contributed by atoms with Crippen LogP contribution in [-0.4, -0.2) is 11.8 Å². The molecule has 2 fully saturated rings. The zero-order chi connectivity index (χ0) is 17.2. The molecule has 24 heavy (non-hydrogen) atoms. The molecule has 1 heterocycles. The lowest BCUT2D eigenvalue weighted by Gasteiger charge is -2.21. The zero-order valence-electron chi connectivity index (χ0n) is 13.8. The molecule has 0 aromatic heterocycles. The first-order valence-corrected chi connectivity index (χ1v) is 8.85. The summed E-state index contributed by atoms with van der Waals surface area (Å²) in [6.45, 7) is 5.89. The van der Waals surface area contributed by atoms with Crippen LogP contribution in [0.1, 0.15) is 29.5 Å². The number of halogens is 1. The minimum absolute atomic E-state index is 0.00671. The first kappa shape index (κ1) is 15.6. The Labute approximate surface area is 149 Å². The number of rotatable bonds is 2. The summed E-state index contributed by atoms with van der Waals surface area (Å²) >= 11 is 3.42. The quantitative estimate of drug-likeness (QED) is 0.722. The highest BCUT2D eigenvalue weighted by Crippen LogP contribution is 2.69. The van der Waals surface area contributed by atoms with Crippen LogP contribution in [0.25, 0.3) is 0 Å². The summed E-state index contributed by atoms with van der Waals surface area (Å²) in [6.07, 6.45) is 0. The first-order valence-electron chi connectivity index (χ1n) is 8.06. The van der Waals surface area contributed by atoms with E-state index >= 15 is 0 Å². The van der Waals surface area contributed by atoms with E-state index in [0.717, 1.165) is 21.2 Å². The van der Waals surface area contributed by atoms with E-state index in [1.165, 1.54) is 4.90 Å². The van der Waals surface area contributed by atoms with E-state index in [4.69, 9.17) is 0 Å². The fourth-order valence-electron chi connectivity index (χ4n) is 4.19. The van der Waals surface area contributed by atoms with Gasteiger partial charge in [-0.2, -0.15) is 0 Å². The first-order chi connectivity index (χ1) is 11.3. The molecule has 2 aromatic carbocycles. The monoisotopic (exact) mass is 383 g/mol. The van der Waals surface area contributed by atoms with Crippen LogP contribution in [0.3, 0.4) is 0 Å². The number of imide groups is 1. The third kappa shape index (κ3) is 2.02. The van der Waals surface area contributed by atoms with Gasteiger partial charge in [0.05, 0.1) is 17.0 Å². The second kappa shape index (κ2) is 5.03. The Hall–Kier alpha value is -1.94. The van der Waals surface area contributed by atoms with Crippen molar-refractivity contribution in [3.8, 4) is 0 Å². The molecule has 1 saturated heterocycles. The zero-order valence-corrected chi connectivity index (χ0v) is 15.4. The van der Waals surface area contributed by atoms with Gasteiger partial charge in [0.25, 0.3) is 0 Å². The van der Waals surface area contributed by atoms with Crippen LogP contribution in [0.4, 0.5) is 5.69 Å². The lowest BCUT2D eigenvalue weighted by molar-refractivity contribution is -0.125. The van der Waals surface area contributed by atoms with E-state index in [0.29, 0.717) is 5.69 Å². The average molecular weight is 384 g/mol. The number of hydrogen-bond acceptors (Lipinski definition) is 2. The van der Waals surface area contributed by atoms with Crippen molar-refractivity contribution in [3.05, 3.63) is 63.6 Å². The van der Waals surface area contributed by atoms with Gasteiger partial charge in [-0.05, 0) is 61.7 Å². The Morgan fingerprint density at radius 2 is 1.54 bits per heavy atom. The molecule has 4 heteroatoms. The smallest absolute Gasteiger partial charge is 0.241 e. The van der Waals surface area contributed by atoms with Crippen LogP contribution in [0.2, 0.25) is 0 Å². The number of aryl methyl sites for hydroxylation is 2. The van der Waals surface area contributed by atoms with Gasteiger partial charge in [0, 0.05) is 10.4 Å². The number of hydrogen-bond donors (Lipinski definition) is 0. The van der Waals surface area contributed by atoms with Crippen LogP contribution in [-0.2, 0) is 9.59 Å². The Kier molecular flexibility index (Phi) is 3.26. The number of fused-ring (bicyclic) bond motifs is 1. The molecule has 3 atom stereocenters. The molecule has 1 aliphatic heterocycles. The highest BCUT2D eigenvalue weighted by atomic mass is 79.9. The van der Waals surface area contributed by atoms with Crippen LogP contribution in [0, 0.1) is 25.2 Å². The molecular formula is C20H18BrNO2. The van der Waals surface area contributed by atoms with E-state index in [-0.39, 0.29) is 23.7 Å². The molecule has 0 bridgehead atoms. The predicted octanol–water partition coefficient (Wildman–Crippen LogP) is 4.36. The van der Waals surface area contributed by atoms with Gasteiger partial charge < -0.3 is 0 Å². The molecule has 2 aromatic rings. The summed E-state index contributed by atoms with van der Waals surface area (Å²) in [5, 5.41) is 0. The third-order valence-corrected chi connectivity index (χ3v) is 5.89. The van der Waals surface area contributed by atoms with E-state index in [9.17, 15) is 9.59 Å². The molecular weight excluding hydrogens is 366 g/mol. The fourth-order valence-corrected chi connectivity index (χ4v) is 4.46. The van der Waals surface area contributed by atoms with E-state index < -0.39 is 5.41 Å². The van der Waals surface area contributed by atoms with Crippen LogP contribution in [0.15, 0.2) is 46.9 Å². The molecule has 1 saturated carbocycles. The van der Waals surface area contributed by atoms with Crippen molar-refractivity contribution in [2.75, 3.05) is 4.90 Å². The summed E-state index contributed by atoms with van der Waals surface area (Å²) in [7, 11) is 0. The molecule has 0 unspecified atom stereocenters. The SMILES string of the molecule is Cc1cc(C)cc(N2C(=O)[C@H]3[C@@H](c4ccc(Br)cc4)[C@@]3(C)C2=O)c1. The standard InChI is InChI=1S/C20H18BrNO2/c1-11-8-12(2)10-15(9-11)22-18(23)17-16(20(17,3)19(22)24)13-4-6-14(21)7-5-13/h4-10,16-17H,1-3H3/t16-,17-,20-/m1/s1. The van der Waals surface area contributed by atoms with E-state index in [2.05, 4.69) is 15.9 Å². The van der Waals surface area contributed by atoms with Gasteiger partial charge in [-0.15, -0.1) is 0 Å². The number of anilines is 1. The number of carbonyl (C=O) groups is 2. The van der Waals surface area contributed by atoms with Crippen molar-refractivity contribution < 1.29 is 9.59 Å². The van der Waals surface area contributed by atoms with Crippen molar-refractivity contribution in [1.29, 1.82) is 0 Å². The Morgan fingerprint density at radius 1 is 0.958 bits per heavy atom. The molecule has 1 aliphatic carbocycles. The molecule has 0 radical (unpaired) electrons. The largest absolute Gasteiger partial charge is 0.274 e. The number of nitrogens with zero attached hydrogens (tertiary/aromatic N) is 1. The van der Waals surface area contributed by atoms with Gasteiger partial charge in [0.1, 0.15) is 0 Å². The van der Waals surface area contributed by atoms with Gasteiger partial charge in [0.2, 0.25) is 11.8 Å². The molecule has 3 nitrogen and oxygen atoms in total. The number of amides is 2. The maximum absolute atomic E-state index is 13.0. The summed E-state index contributed by atoms with van der Waals surface area (Å²) in [5.41, 5.74) is 3.27. The summed E-state index contributed by atoms with van der Waals surface area (Å²) in [6, 6.07) is 13.8. The molecule has 2 aliphatic rings. The van der Waals surface area contributed by atoms with Crippen LogP contribution in [0.5, 0.6) is 0 Å². The van der Waals surface area contributed by atoms with Crippen molar-refractivity contribution >= 4 is 33.4 Å². The lowest BCUT2D eigenvalue weighted by Crippen LogP contribution is -2.36. The Balaban J connectivity index is 1.70. The number of benzene rings is 2. The van der Waals surface area contributed by atoms with Gasteiger partial charge in [-0.1, -0.05) is 34.1 Å². The second-order valence-electron chi connectivity index (χ2n) is 7.11. The molecule has 2 amide bonds. The van der Waals surface area contributed by atoms with Gasteiger partial charge in [0.15, 0.2) is 0 Å². The van der Waals surface area contributed by atoms with Crippen molar-refractivity contribution in [3.63, 3.8) is 0 Å². The minimum atomic E-state index is -0.609. The van der Waals surface area contributed by atoms with Crippen molar-refractivity contribution in [2.24, 2.45) is 11.3 Å². The highest BCUT2D eigenvalue weighted by Gasteiger charge is 2.76. The maximum Gasteiger partial charge on any atom is 0.241 e. The third-order valence-electron chi connectivity index (χ3n) is 5.36. The molecule has 122 valence electrons. The van der Waals surface area contributed by atoms with Gasteiger partial charge in [-0.25, -0.2) is 4.90 Å². The fraction of sp³-hybridized carbons (Fsp3) is 0.300. The summed E-state index contributed by atoms with van der Waals surface area (Å²) in [4.78, 5) is 27.4. The highest BCUT2D eigenvalue weighted by molar-refractivity contribution is 9.10. The topological polar surface area (TPSA) is 37.4 Å². The minimum Gasteiger partial charge on any atom is -0.274 e. The van der Waals surface area contributed by atoms with Crippen LogP contribution >= 0.6 is 15.9 Å². The maximum atomic E-state index is 13.0.